The zero-order valence-corrected chi connectivity index (χ0v) is 6.08. The van der Waals surface area contributed by atoms with Crippen molar-refractivity contribution in [3.05, 3.63) is 11.8 Å². The molecule has 0 radical (unpaired) electrons. The highest BCUT2D eigenvalue weighted by molar-refractivity contribution is 5.09. The molecule has 1 atom stereocenters. The van der Waals surface area contributed by atoms with E-state index in [1.807, 2.05) is 0 Å². The summed E-state index contributed by atoms with van der Waals surface area (Å²) in [6.45, 7) is 1.06. The molecule has 0 saturated carbocycles. The van der Waals surface area contributed by atoms with Gasteiger partial charge in [0.1, 0.15) is 6.23 Å². The summed E-state index contributed by atoms with van der Waals surface area (Å²) in [5, 5.41) is 9.46. The predicted molar refractivity (Wildman–Crippen MR) is 39.3 cm³/mol. The first kappa shape index (κ1) is 6.23. The molecule has 0 bridgehead atoms. The molecule has 0 aromatic carbocycles. The van der Waals surface area contributed by atoms with E-state index < -0.39 is 0 Å². The van der Waals surface area contributed by atoms with Gasteiger partial charge in [-0.1, -0.05) is 6.08 Å². The molecule has 0 aromatic heterocycles. The Morgan fingerprint density at radius 3 is 3.30 bits per heavy atom. The van der Waals surface area contributed by atoms with Crippen LogP contribution in [0.5, 0.6) is 0 Å². The number of hydrogen-bond acceptors (Lipinski definition) is 2. The molecule has 0 amide bonds. The molecule has 1 N–H and O–H groups in total. The molecule has 10 heavy (non-hydrogen) atoms. The second-order valence-corrected chi connectivity index (χ2v) is 3.05. The highest BCUT2D eigenvalue weighted by atomic mass is 16.3. The van der Waals surface area contributed by atoms with Crippen molar-refractivity contribution in [3.63, 3.8) is 0 Å². The van der Waals surface area contributed by atoms with Crippen LogP contribution < -0.4 is 0 Å². The van der Waals surface area contributed by atoms with Gasteiger partial charge in [-0.25, -0.2) is 0 Å². The number of allylic oxidation sites excluding steroid dienone is 2. The Hall–Kier alpha value is -0.500. The van der Waals surface area contributed by atoms with Gasteiger partial charge < -0.3 is 10.0 Å². The first-order valence-electron chi connectivity index (χ1n) is 4.01. The zero-order chi connectivity index (χ0) is 6.97. The summed E-state index contributed by atoms with van der Waals surface area (Å²) in [6, 6.07) is 0. The summed E-state index contributed by atoms with van der Waals surface area (Å²) >= 11 is 0. The minimum atomic E-state index is -0.178. The molecule has 0 spiro atoms. The topological polar surface area (TPSA) is 23.5 Å². The van der Waals surface area contributed by atoms with Crippen molar-refractivity contribution in [2.45, 2.75) is 31.9 Å². The number of aliphatic hydroxyl groups excluding tert-OH is 1. The first-order chi connectivity index (χ1) is 4.88. The van der Waals surface area contributed by atoms with Crippen molar-refractivity contribution in [1.82, 2.24) is 4.90 Å². The van der Waals surface area contributed by atoms with E-state index in [0.29, 0.717) is 0 Å². The lowest BCUT2D eigenvalue weighted by molar-refractivity contribution is 0.0259. The Bertz CT molecular complexity index is 165. The highest BCUT2D eigenvalue weighted by Crippen LogP contribution is 2.28. The van der Waals surface area contributed by atoms with Crippen LogP contribution in [-0.2, 0) is 0 Å². The van der Waals surface area contributed by atoms with Crippen molar-refractivity contribution < 1.29 is 5.11 Å². The molecule has 2 rings (SSSR count). The van der Waals surface area contributed by atoms with Crippen molar-refractivity contribution in [2.75, 3.05) is 6.54 Å². The van der Waals surface area contributed by atoms with Crippen molar-refractivity contribution in [3.8, 4) is 0 Å². The van der Waals surface area contributed by atoms with E-state index >= 15 is 0 Å². The Morgan fingerprint density at radius 1 is 1.60 bits per heavy atom. The van der Waals surface area contributed by atoms with E-state index in [1.54, 1.807) is 0 Å². The quantitative estimate of drug-likeness (QED) is 0.543. The van der Waals surface area contributed by atoms with Crippen LogP contribution in [0.4, 0.5) is 0 Å². The van der Waals surface area contributed by atoms with Gasteiger partial charge in [0.05, 0.1) is 0 Å². The van der Waals surface area contributed by atoms with E-state index in [0.717, 1.165) is 19.4 Å². The summed E-state index contributed by atoms with van der Waals surface area (Å²) < 4.78 is 0. The third-order valence-corrected chi connectivity index (χ3v) is 2.37. The van der Waals surface area contributed by atoms with E-state index in [4.69, 9.17) is 0 Å². The molecule has 56 valence electrons. The molecule has 2 nitrogen and oxygen atoms in total. The van der Waals surface area contributed by atoms with Crippen LogP contribution in [0.25, 0.3) is 0 Å². The first-order valence-corrected chi connectivity index (χ1v) is 4.01. The molecule has 1 saturated heterocycles. The third-order valence-electron chi connectivity index (χ3n) is 2.37. The van der Waals surface area contributed by atoms with Crippen molar-refractivity contribution in [2.24, 2.45) is 0 Å². The highest BCUT2D eigenvalue weighted by Gasteiger charge is 2.25. The molecule has 1 unspecified atom stereocenters. The molecule has 2 aliphatic heterocycles. The molecule has 0 aliphatic carbocycles. The Morgan fingerprint density at radius 2 is 2.50 bits per heavy atom. The Labute approximate surface area is 61.1 Å². The summed E-state index contributed by atoms with van der Waals surface area (Å²) in [6.07, 6.45) is 6.47. The SMILES string of the molecule is OC1CCC=C2CCCN21. The van der Waals surface area contributed by atoms with E-state index in [9.17, 15) is 5.11 Å². The van der Waals surface area contributed by atoms with Gasteiger partial charge in [-0.15, -0.1) is 0 Å². The minimum absolute atomic E-state index is 0.178. The Kier molecular flexibility index (Phi) is 1.42. The van der Waals surface area contributed by atoms with E-state index in [-0.39, 0.29) is 6.23 Å². The zero-order valence-electron chi connectivity index (χ0n) is 6.08. The molecule has 1 fully saturated rings. The summed E-state index contributed by atoms with van der Waals surface area (Å²) in [5.74, 6) is 0. The summed E-state index contributed by atoms with van der Waals surface area (Å²) in [5.41, 5.74) is 1.37. The monoisotopic (exact) mass is 139 g/mol. The van der Waals surface area contributed by atoms with Gasteiger partial charge in [0.15, 0.2) is 0 Å². The standard InChI is InChI=1S/C8H13NO/c10-8-5-1-3-7-4-2-6-9(7)8/h3,8,10H,1-2,4-6H2. The van der Waals surface area contributed by atoms with Gasteiger partial charge >= 0.3 is 0 Å². The summed E-state index contributed by atoms with van der Waals surface area (Å²) in [7, 11) is 0. The van der Waals surface area contributed by atoms with Crippen molar-refractivity contribution in [1.29, 1.82) is 0 Å². The number of aliphatic hydroxyl groups is 1. The normalized spacial score (nSPS) is 31.9. The fourth-order valence-corrected chi connectivity index (χ4v) is 1.83. The second kappa shape index (κ2) is 2.27. The smallest absolute Gasteiger partial charge is 0.126 e. The van der Waals surface area contributed by atoms with Crippen LogP contribution in [0.15, 0.2) is 11.8 Å². The van der Waals surface area contributed by atoms with Gasteiger partial charge in [0.2, 0.25) is 0 Å². The average molecular weight is 139 g/mol. The van der Waals surface area contributed by atoms with Crippen LogP contribution in [0.2, 0.25) is 0 Å². The van der Waals surface area contributed by atoms with Crippen LogP contribution >= 0.6 is 0 Å². The second-order valence-electron chi connectivity index (χ2n) is 3.05. The largest absolute Gasteiger partial charge is 0.374 e. The molecular weight excluding hydrogens is 126 g/mol. The van der Waals surface area contributed by atoms with Gasteiger partial charge in [0.25, 0.3) is 0 Å². The maximum atomic E-state index is 9.46. The minimum Gasteiger partial charge on any atom is -0.374 e. The van der Waals surface area contributed by atoms with Gasteiger partial charge in [-0.05, 0) is 25.7 Å². The summed E-state index contributed by atoms with van der Waals surface area (Å²) in [4.78, 5) is 2.13. The van der Waals surface area contributed by atoms with Crippen LogP contribution in [0, 0.1) is 0 Å². The number of hydrogen-bond donors (Lipinski definition) is 1. The van der Waals surface area contributed by atoms with Crippen LogP contribution in [-0.4, -0.2) is 22.8 Å². The predicted octanol–water partition coefficient (Wildman–Crippen LogP) is 1.08. The lowest BCUT2D eigenvalue weighted by Crippen LogP contribution is -2.33. The molecule has 2 heteroatoms. The maximum Gasteiger partial charge on any atom is 0.126 e. The average Bonchev–Trinajstić information content (AvgIpc) is 2.36. The van der Waals surface area contributed by atoms with Crippen LogP contribution in [0.3, 0.4) is 0 Å². The fraction of sp³-hybridized carbons (Fsp3) is 0.750. The van der Waals surface area contributed by atoms with Crippen molar-refractivity contribution >= 4 is 0 Å². The third kappa shape index (κ3) is 0.833. The molecule has 2 heterocycles. The molecule has 0 aromatic rings. The lowest BCUT2D eigenvalue weighted by atomic mass is 10.1. The molecular formula is C8H13NO. The van der Waals surface area contributed by atoms with E-state index in [2.05, 4.69) is 11.0 Å². The molecule has 2 aliphatic rings. The number of rotatable bonds is 0. The Balaban J connectivity index is 2.18. The van der Waals surface area contributed by atoms with Gasteiger partial charge in [0, 0.05) is 12.2 Å². The van der Waals surface area contributed by atoms with E-state index in [1.165, 1.54) is 18.5 Å². The number of fused-ring (bicyclic) bond motifs is 1. The fourth-order valence-electron chi connectivity index (χ4n) is 1.83. The van der Waals surface area contributed by atoms with Gasteiger partial charge in [-0.3, -0.25) is 0 Å². The number of nitrogens with zero attached hydrogens (tertiary/aromatic N) is 1. The van der Waals surface area contributed by atoms with Crippen LogP contribution in [0.1, 0.15) is 25.7 Å². The van der Waals surface area contributed by atoms with Gasteiger partial charge in [-0.2, -0.15) is 0 Å². The lowest BCUT2D eigenvalue weighted by Gasteiger charge is -2.29. The maximum absolute atomic E-state index is 9.46.